The molecule has 0 spiro atoms. The number of carbonyl (C=O) groups excluding carboxylic acids is 1. The fraction of sp³-hybridized carbons (Fsp3) is 0.875. The second kappa shape index (κ2) is 4.55. The third-order valence-electron chi connectivity index (χ3n) is 2.01. The van der Waals surface area contributed by atoms with Crippen molar-refractivity contribution in [2.45, 2.75) is 38.5 Å². The molecule has 0 saturated carbocycles. The summed E-state index contributed by atoms with van der Waals surface area (Å²) >= 11 is 0. The van der Waals surface area contributed by atoms with Crippen molar-refractivity contribution in [3.05, 3.63) is 0 Å². The van der Waals surface area contributed by atoms with Gasteiger partial charge in [0.1, 0.15) is 0 Å². The molecule has 0 aromatic carbocycles. The monoisotopic (exact) mass is 191 g/mol. The molecule has 0 aliphatic heterocycles. The number of rotatable bonds is 4. The Hall–Kier alpha value is -0.650. The summed E-state index contributed by atoms with van der Waals surface area (Å²) in [7, 11) is 0. The lowest BCUT2D eigenvalue weighted by atomic mass is 9.89. The Morgan fingerprint density at radius 1 is 1.46 bits per heavy atom. The fourth-order valence-electron chi connectivity index (χ4n) is 0.946. The largest absolute Gasteiger partial charge is 0.464 e. The molecule has 78 valence electrons. The first-order valence-corrected chi connectivity index (χ1v) is 4.19. The predicted molar refractivity (Wildman–Crippen MR) is 46.9 cm³/mol. The molecule has 0 saturated heterocycles. The van der Waals surface area contributed by atoms with E-state index in [4.69, 9.17) is 5.73 Å². The Morgan fingerprint density at radius 3 is 2.08 bits per heavy atom. The first-order chi connectivity index (χ1) is 5.87. The molecular weight excluding hydrogens is 174 g/mol. The number of nitrogens with two attached hydrogens (primary N) is 1. The molecule has 0 aliphatic carbocycles. The number of esters is 1. The van der Waals surface area contributed by atoms with Gasteiger partial charge in [-0.1, -0.05) is 0 Å². The van der Waals surface area contributed by atoms with E-state index in [0.717, 1.165) is 0 Å². The Balaban J connectivity index is 4.69. The lowest BCUT2D eigenvalue weighted by Crippen LogP contribution is -2.63. The number of hydrogen-bond acceptors (Lipinski definition) is 5. The van der Waals surface area contributed by atoms with Crippen LogP contribution < -0.4 is 5.73 Å². The summed E-state index contributed by atoms with van der Waals surface area (Å²) in [6.07, 6.45) is -2.32. The van der Waals surface area contributed by atoms with Crippen LogP contribution in [0.2, 0.25) is 0 Å². The van der Waals surface area contributed by atoms with E-state index < -0.39 is 23.7 Å². The molecule has 5 nitrogen and oxygen atoms in total. The van der Waals surface area contributed by atoms with Crippen LogP contribution in [0.1, 0.15) is 20.8 Å². The Kier molecular flexibility index (Phi) is 4.32. The highest BCUT2D eigenvalue weighted by Crippen LogP contribution is 2.14. The van der Waals surface area contributed by atoms with E-state index in [1.165, 1.54) is 13.8 Å². The predicted octanol–water partition coefficient (Wildman–Crippen LogP) is -0.991. The third-order valence-corrected chi connectivity index (χ3v) is 2.01. The highest BCUT2D eigenvalue weighted by atomic mass is 16.5. The zero-order valence-corrected chi connectivity index (χ0v) is 8.15. The number of aliphatic hydroxyl groups excluding tert-OH is 2. The Bertz CT molecular complexity index is 171. The maximum Gasteiger partial charge on any atom is 0.331 e. The van der Waals surface area contributed by atoms with Crippen LogP contribution in [0.25, 0.3) is 0 Å². The smallest absolute Gasteiger partial charge is 0.331 e. The van der Waals surface area contributed by atoms with E-state index in [9.17, 15) is 15.0 Å². The Labute approximate surface area is 77.5 Å². The summed E-state index contributed by atoms with van der Waals surface area (Å²) < 4.78 is 4.65. The van der Waals surface area contributed by atoms with Gasteiger partial charge in [0.15, 0.2) is 5.54 Å². The van der Waals surface area contributed by atoms with Gasteiger partial charge in [-0.2, -0.15) is 0 Å². The normalized spacial score (nSPS) is 20.2. The molecule has 0 bridgehead atoms. The van der Waals surface area contributed by atoms with E-state index in [1.807, 2.05) is 0 Å². The van der Waals surface area contributed by atoms with Crippen LogP contribution in [0.3, 0.4) is 0 Å². The van der Waals surface area contributed by atoms with Crippen molar-refractivity contribution in [1.82, 2.24) is 0 Å². The topological polar surface area (TPSA) is 92.8 Å². The van der Waals surface area contributed by atoms with Crippen LogP contribution in [0.5, 0.6) is 0 Å². The van der Waals surface area contributed by atoms with Gasteiger partial charge < -0.3 is 20.7 Å². The first kappa shape index (κ1) is 12.3. The lowest BCUT2D eigenvalue weighted by molar-refractivity contribution is -0.159. The van der Waals surface area contributed by atoms with Crippen molar-refractivity contribution in [1.29, 1.82) is 0 Å². The van der Waals surface area contributed by atoms with E-state index in [2.05, 4.69) is 4.74 Å². The van der Waals surface area contributed by atoms with E-state index in [1.54, 1.807) is 6.92 Å². The third kappa shape index (κ3) is 2.40. The van der Waals surface area contributed by atoms with Crippen LogP contribution >= 0.6 is 0 Å². The van der Waals surface area contributed by atoms with Crippen molar-refractivity contribution in [3.8, 4) is 0 Å². The Morgan fingerprint density at radius 2 is 1.85 bits per heavy atom. The summed E-state index contributed by atoms with van der Waals surface area (Å²) in [6.45, 7) is 4.47. The SMILES string of the molecule is CCOC(=O)C(N)(C(C)O)C(C)O. The number of hydrogen-bond donors (Lipinski definition) is 3. The molecule has 0 aromatic heterocycles. The minimum absolute atomic E-state index is 0.164. The van der Waals surface area contributed by atoms with E-state index >= 15 is 0 Å². The average Bonchev–Trinajstić information content (AvgIpc) is 2.02. The minimum atomic E-state index is -1.74. The van der Waals surface area contributed by atoms with Gasteiger partial charge in [-0.15, -0.1) is 0 Å². The first-order valence-electron chi connectivity index (χ1n) is 4.19. The van der Waals surface area contributed by atoms with Gasteiger partial charge in [0, 0.05) is 0 Å². The molecule has 2 unspecified atom stereocenters. The van der Waals surface area contributed by atoms with Crippen molar-refractivity contribution in [2.75, 3.05) is 6.61 Å². The molecule has 2 atom stereocenters. The molecule has 0 radical (unpaired) electrons. The molecule has 5 heteroatoms. The van der Waals surface area contributed by atoms with Gasteiger partial charge in [-0.05, 0) is 20.8 Å². The maximum atomic E-state index is 11.3. The average molecular weight is 191 g/mol. The minimum Gasteiger partial charge on any atom is -0.464 e. The van der Waals surface area contributed by atoms with Crippen LogP contribution in [0.4, 0.5) is 0 Å². The van der Waals surface area contributed by atoms with Crippen molar-refractivity contribution in [2.24, 2.45) is 5.73 Å². The molecule has 0 aromatic rings. The molecule has 4 N–H and O–H groups in total. The summed E-state index contributed by atoms with van der Waals surface area (Å²) in [4.78, 5) is 11.3. The maximum absolute atomic E-state index is 11.3. The molecule has 0 fully saturated rings. The number of ether oxygens (including phenoxy) is 1. The highest BCUT2D eigenvalue weighted by molar-refractivity contribution is 5.82. The second-order valence-electron chi connectivity index (χ2n) is 3.01. The van der Waals surface area contributed by atoms with Gasteiger partial charge in [0.25, 0.3) is 0 Å². The van der Waals surface area contributed by atoms with Crippen LogP contribution in [0.15, 0.2) is 0 Å². The quantitative estimate of drug-likeness (QED) is 0.496. The van der Waals surface area contributed by atoms with Gasteiger partial charge in [-0.3, -0.25) is 0 Å². The zero-order chi connectivity index (χ0) is 10.6. The standard InChI is InChI=1S/C8H17NO4/c1-4-13-7(12)8(9,5(2)10)6(3)11/h5-6,10-11H,4,9H2,1-3H3. The van der Waals surface area contributed by atoms with Gasteiger partial charge in [-0.25, -0.2) is 4.79 Å². The summed E-state index contributed by atoms with van der Waals surface area (Å²) in [6, 6.07) is 0. The highest BCUT2D eigenvalue weighted by Gasteiger charge is 2.45. The molecule has 0 rings (SSSR count). The molecule has 13 heavy (non-hydrogen) atoms. The number of carbonyl (C=O) groups is 1. The molecule has 0 aliphatic rings. The molecular formula is C8H17NO4. The van der Waals surface area contributed by atoms with E-state index in [0.29, 0.717) is 0 Å². The summed E-state index contributed by atoms with van der Waals surface area (Å²) in [5.41, 5.74) is 3.80. The van der Waals surface area contributed by atoms with Crippen LogP contribution in [0, 0.1) is 0 Å². The van der Waals surface area contributed by atoms with Gasteiger partial charge >= 0.3 is 5.97 Å². The van der Waals surface area contributed by atoms with Gasteiger partial charge in [0.05, 0.1) is 18.8 Å². The van der Waals surface area contributed by atoms with Crippen LogP contribution in [-0.2, 0) is 9.53 Å². The van der Waals surface area contributed by atoms with Gasteiger partial charge in [0.2, 0.25) is 0 Å². The van der Waals surface area contributed by atoms with Crippen molar-refractivity contribution >= 4 is 5.97 Å². The summed E-state index contributed by atoms with van der Waals surface area (Å²) in [5, 5.41) is 18.5. The van der Waals surface area contributed by atoms with Crippen LogP contribution in [-0.4, -0.2) is 40.5 Å². The van der Waals surface area contributed by atoms with Crippen molar-refractivity contribution in [3.63, 3.8) is 0 Å². The second-order valence-corrected chi connectivity index (χ2v) is 3.01. The van der Waals surface area contributed by atoms with Crippen molar-refractivity contribution < 1.29 is 19.7 Å². The zero-order valence-electron chi connectivity index (χ0n) is 8.15. The fourth-order valence-corrected chi connectivity index (χ4v) is 0.946. The number of aliphatic hydroxyl groups is 2. The van der Waals surface area contributed by atoms with E-state index in [-0.39, 0.29) is 6.61 Å². The molecule has 0 amide bonds. The summed E-state index contributed by atoms with van der Waals surface area (Å²) in [5.74, 6) is -0.792. The lowest BCUT2D eigenvalue weighted by Gasteiger charge is -2.32. The molecule has 0 heterocycles.